The van der Waals surface area contributed by atoms with Crippen LogP contribution < -0.4 is 26.4 Å². The van der Waals surface area contributed by atoms with Crippen LogP contribution >= 0.6 is 11.3 Å². The zero-order valence-corrected chi connectivity index (χ0v) is 30.8. The van der Waals surface area contributed by atoms with Crippen LogP contribution in [-0.2, 0) is 38.7 Å². The molecule has 1 aromatic carbocycles. The third-order valence-corrected chi connectivity index (χ3v) is 8.90. The Morgan fingerprint density at radius 2 is 1.84 bits per heavy atom. The van der Waals surface area contributed by atoms with E-state index in [1.807, 2.05) is 12.1 Å². The first-order chi connectivity index (χ1) is 25.4. The Morgan fingerprint density at radius 1 is 1.16 bits per heavy atom. The van der Waals surface area contributed by atoms with Gasteiger partial charge in [0.05, 0.1) is 11.1 Å². The van der Waals surface area contributed by atoms with Crippen LogP contribution in [0, 0.1) is 0 Å². The van der Waals surface area contributed by atoms with E-state index >= 15 is 0 Å². The van der Waals surface area contributed by atoms with E-state index in [0.717, 1.165) is 35.5 Å². The number of alkyl halides is 3. The second-order valence-corrected chi connectivity index (χ2v) is 15.0. The number of hydroxylamine groups is 2. The maximum Gasteiger partial charge on any atom is 0.490 e. The monoisotopic (exact) mass is 820 g/mol. The van der Waals surface area contributed by atoms with Crippen molar-refractivity contribution in [2.45, 2.75) is 69.6 Å². The van der Waals surface area contributed by atoms with Gasteiger partial charge in [0, 0.05) is 28.9 Å². The maximum absolute atomic E-state index is 13.2. The zero-order valence-electron chi connectivity index (χ0n) is 29.1. The Balaban J connectivity index is 0.000000876. The normalized spacial score (nSPS) is 19.7. The number of ether oxygens (including phenoxy) is 1. The molecule has 2 fully saturated rings. The topological polar surface area (TPSA) is 294 Å². The molecule has 2 aliphatic heterocycles. The van der Waals surface area contributed by atoms with Crippen molar-refractivity contribution in [1.29, 1.82) is 0 Å². The third-order valence-electron chi connectivity index (χ3n) is 7.89. The average Bonchev–Trinajstić information content (AvgIpc) is 3.66. The van der Waals surface area contributed by atoms with Crippen LogP contribution in [0.4, 0.5) is 24.1 Å². The average molecular weight is 821 g/mol. The van der Waals surface area contributed by atoms with Crippen molar-refractivity contribution in [3.63, 3.8) is 0 Å². The number of amides is 2. The van der Waals surface area contributed by atoms with Gasteiger partial charge in [0.2, 0.25) is 0 Å². The van der Waals surface area contributed by atoms with E-state index in [4.69, 9.17) is 29.8 Å². The van der Waals surface area contributed by atoms with Crippen molar-refractivity contribution >= 4 is 73.1 Å². The number of thiazole rings is 1. The molecule has 8 N–H and O–H groups in total. The molecule has 0 unspecified atom stereocenters. The van der Waals surface area contributed by atoms with Gasteiger partial charge in [-0.25, -0.2) is 19.6 Å². The lowest BCUT2D eigenvalue weighted by Gasteiger charge is -2.50. The number of benzene rings is 1. The molecule has 0 radical (unpaired) electrons. The molecular weight excluding hydrogens is 786 g/mol. The minimum atomic E-state index is -5.08. The number of nitrogens with zero attached hydrogens (tertiary/aromatic N) is 4. The number of nitrogens with two attached hydrogens (primary N) is 1. The minimum absolute atomic E-state index is 0.0500. The van der Waals surface area contributed by atoms with Gasteiger partial charge in [0.25, 0.3) is 17.9 Å². The number of nitrogens with one attached hydrogen (secondary N) is 3. The summed E-state index contributed by atoms with van der Waals surface area (Å²) in [7, 11) is -5.02. The molecule has 2 aromatic heterocycles. The lowest BCUT2D eigenvalue weighted by Crippen LogP contribution is -2.76. The second kappa shape index (κ2) is 16.2. The van der Waals surface area contributed by atoms with Crippen molar-refractivity contribution in [1.82, 2.24) is 25.7 Å². The molecule has 0 saturated carbocycles. The van der Waals surface area contributed by atoms with Crippen molar-refractivity contribution in [3.8, 4) is 5.75 Å². The van der Waals surface area contributed by atoms with Gasteiger partial charge in [-0.3, -0.25) is 14.1 Å². The summed E-state index contributed by atoms with van der Waals surface area (Å²) in [5.74, 6) is -5.16. The summed E-state index contributed by atoms with van der Waals surface area (Å²) >= 11 is 0.961. The Morgan fingerprint density at radius 3 is 2.36 bits per heavy atom. The quantitative estimate of drug-likeness (QED) is 0.0557. The summed E-state index contributed by atoms with van der Waals surface area (Å²) < 4.78 is 72.9. The molecule has 20 nitrogen and oxygen atoms in total. The molecule has 2 amide bonds. The number of aliphatic carboxylic acids is 2. The zero-order chi connectivity index (χ0) is 41.1. The van der Waals surface area contributed by atoms with E-state index in [-0.39, 0.29) is 22.4 Å². The number of hydrogen-bond donors (Lipinski definition) is 7. The van der Waals surface area contributed by atoms with E-state index in [1.165, 1.54) is 19.2 Å². The summed E-state index contributed by atoms with van der Waals surface area (Å²) in [6, 6.07) is 7.70. The molecule has 0 spiro atoms. The largest absolute Gasteiger partial charge is 0.490 e. The van der Waals surface area contributed by atoms with Gasteiger partial charge >= 0.3 is 28.5 Å². The molecule has 5 rings (SSSR count). The summed E-state index contributed by atoms with van der Waals surface area (Å²) in [6.45, 7) is 7.34. The number of fused-ring (bicyclic) bond motifs is 1. The van der Waals surface area contributed by atoms with E-state index in [1.54, 1.807) is 18.2 Å². The van der Waals surface area contributed by atoms with Crippen LogP contribution in [0.5, 0.6) is 5.75 Å². The van der Waals surface area contributed by atoms with Gasteiger partial charge in [-0.2, -0.15) is 26.7 Å². The predicted molar refractivity (Wildman–Crippen MR) is 186 cm³/mol. The molecule has 3 aromatic rings. The SMILES string of the molecule is CC1(C)C[C@H](Nc2ccc3cc(OC[C@H](O/N=C(\C(=O)N[C@@H]4C(=O)N(OS(=O)(=O)O)C4(C)C)c4csc(N)n4)C(=O)O)ccc3n2)CN1.O=C(O)C(F)(F)F. The minimum Gasteiger partial charge on any atom is -0.489 e. The second-order valence-electron chi connectivity index (χ2n) is 13.1. The van der Waals surface area contributed by atoms with E-state index in [2.05, 4.69) is 49.2 Å². The Hall–Kier alpha value is -5.37. The Kier molecular flexibility index (Phi) is 12.4. The molecule has 300 valence electrons. The van der Waals surface area contributed by atoms with Crippen molar-refractivity contribution < 1.29 is 69.4 Å². The molecule has 55 heavy (non-hydrogen) atoms. The highest BCUT2D eigenvalue weighted by Gasteiger charge is 2.58. The van der Waals surface area contributed by atoms with Gasteiger partial charge in [0.15, 0.2) is 10.8 Å². The number of carboxylic acids is 2. The maximum atomic E-state index is 13.2. The highest BCUT2D eigenvalue weighted by atomic mass is 32.3. The van der Waals surface area contributed by atoms with Crippen LogP contribution in [0.3, 0.4) is 0 Å². The molecule has 0 aliphatic carbocycles. The lowest BCUT2D eigenvalue weighted by atomic mass is 9.84. The molecule has 2 saturated heterocycles. The number of carboxylic acid groups (broad SMARTS) is 2. The smallest absolute Gasteiger partial charge is 0.489 e. The Labute approximate surface area is 313 Å². The Bertz CT molecular complexity index is 2100. The van der Waals surface area contributed by atoms with Gasteiger partial charge in [0.1, 0.15) is 29.9 Å². The lowest BCUT2D eigenvalue weighted by molar-refractivity contribution is -0.218. The van der Waals surface area contributed by atoms with Crippen molar-refractivity contribution in [2.75, 3.05) is 24.2 Å². The number of halogens is 3. The van der Waals surface area contributed by atoms with Crippen LogP contribution in [0.2, 0.25) is 0 Å². The number of carbonyl (C=O) groups excluding carboxylic acids is 2. The number of carbonyl (C=O) groups is 4. The molecule has 4 heterocycles. The number of aromatic nitrogens is 2. The standard InChI is InChI=1S/C28H34N8O10S2.C2HF3O2/c1-27(2)10-15(11-30-27)31-20-8-5-14-9-16(6-7-17(14)32-20)44-12-19(25(39)40)45-35-21(18-13-47-26(29)33-18)23(37)34-22-24(38)36(28(22,3)4)46-48(41,42)43;3-2(4,5)1(6)7/h5-9,13,15,19,22,30H,10-12H2,1-4H3,(H2,29,33)(H,31,32)(H,34,37)(H,39,40)(H,41,42,43);(H,6,7)/b35-21-;/t15-,19-,22+;/m0./s1. The van der Waals surface area contributed by atoms with Crippen LogP contribution in [-0.4, -0.2) is 116 Å². The van der Waals surface area contributed by atoms with Crippen molar-refractivity contribution in [3.05, 3.63) is 41.4 Å². The molecule has 2 aliphatic rings. The summed E-state index contributed by atoms with van der Waals surface area (Å²) in [4.78, 5) is 60.6. The summed E-state index contributed by atoms with van der Waals surface area (Å²) in [6.07, 6.45) is -5.82. The van der Waals surface area contributed by atoms with Gasteiger partial charge in [-0.15, -0.1) is 15.6 Å². The van der Waals surface area contributed by atoms with Crippen LogP contribution in [0.15, 0.2) is 40.9 Å². The highest BCUT2D eigenvalue weighted by molar-refractivity contribution is 7.80. The molecular formula is C30H35F3N8O12S2. The summed E-state index contributed by atoms with van der Waals surface area (Å²) in [5.41, 5.74) is 4.42. The van der Waals surface area contributed by atoms with E-state index < -0.39 is 70.3 Å². The number of oxime groups is 1. The van der Waals surface area contributed by atoms with E-state index in [9.17, 15) is 41.1 Å². The van der Waals surface area contributed by atoms with Gasteiger partial charge in [-0.05, 0) is 64.4 Å². The number of anilines is 2. The fraction of sp³-hybridized carbons (Fsp3) is 0.433. The first-order valence-corrected chi connectivity index (χ1v) is 18.0. The molecule has 3 atom stereocenters. The van der Waals surface area contributed by atoms with E-state index in [0.29, 0.717) is 16.3 Å². The number of rotatable bonds is 13. The molecule has 0 bridgehead atoms. The fourth-order valence-electron chi connectivity index (χ4n) is 5.20. The van der Waals surface area contributed by atoms with Crippen LogP contribution in [0.25, 0.3) is 10.9 Å². The number of nitrogen functional groups attached to an aromatic ring is 1. The predicted octanol–water partition coefficient (Wildman–Crippen LogP) is 1.55. The van der Waals surface area contributed by atoms with Gasteiger partial charge < -0.3 is 41.5 Å². The van der Waals surface area contributed by atoms with Crippen molar-refractivity contribution in [2.24, 2.45) is 5.16 Å². The third kappa shape index (κ3) is 11.1. The number of pyridine rings is 1. The first kappa shape index (κ1) is 42.4. The first-order valence-electron chi connectivity index (χ1n) is 15.7. The van der Waals surface area contributed by atoms with Crippen LogP contribution in [0.1, 0.15) is 39.8 Å². The number of β-lactam (4-membered cyclic amide) rings is 1. The highest BCUT2D eigenvalue weighted by Crippen LogP contribution is 2.33. The molecule has 25 heteroatoms. The number of hydrogen-bond acceptors (Lipinski definition) is 16. The van der Waals surface area contributed by atoms with Gasteiger partial charge in [-0.1, -0.05) is 5.16 Å². The summed E-state index contributed by atoms with van der Waals surface area (Å²) in [5, 5.41) is 32.5. The fourth-order valence-corrected chi connectivity index (χ4v) is 6.20.